The van der Waals surface area contributed by atoms with Gasteiger partial charge >= 0.3 is 0 Å². The molecule has 0 saturated carbocycles. The zero-order valence-electron chi connectivity index (χ0n) is 4.58. The van der Waals surface area contributed by atoms with Crippen LogP contribution in [0.25, 0.3) is 0 Å². The van der Waals surface area contributed by atoms with Gasteiger partial charge in [0.25, 0.3) is 16.5 Å². The summed E-state index contributed by atoms with van der Waals surface area (Å²) in [5.41, 5.74) is 0.255. The number of nitrogens with one attached hydrogen (secondary N) is 1. The summed E-state index contributed by atoms with van der Waals surface area (Å²) in [5.74, 6) is 0. The molecule has 0 bridgehead atoms. The molecule has 34 valence electrons. The second kappa shape index (κ2) is 1.97. The molecule has 0 spiro atoms. The molecule has 2 heteroatoms. The van der Waals surface area contributed by atoms with Crippen LogP contribution in [0.15, 0.2) is 0 Å². The summed E-state index contributed by atoms with van der Waals surface area (Å²) in [6, 6.07) is 0. The van der Waals surface area contributed by atoms with Gasteiger partial charge in [-0.1, -0.05) is 0 Å². The third-order valence-electron chi connectivity index (χ3n) is 0.433. The van der Waals surface area contributed by atoms with E-state index in [-0.39, 0.29) is 5.54 Å². The van der Waals surface area contributed by atoms with Crippen LogP contribution in [0, 0.1) is 0 Å². The van der Waals surface area contributed by atoms with Crippen molar-refractivity contribution in [3.63, 3.8) is 0 Å². The van der Waals surface area contributed by atoms with E-state index < -0.39 is 0 Å². The molecule has 0 aliphatic rings. The van der Waals surface area contributed by atoms with E-state index in [1.807, 2.05) is 0 Å². The quantitative estimate of drug-likeness (QED) is 0.435. The van der Waals surface area contributed by atoms with Crippen molar-refractivity contribution in [2.75, 3.05) is 0 Å². The summed E-state index contributed by atoms with van der Waals surface area (Å²) in [6.45, 7) is 6.33. The van der Waals surface area contributed by atoms with E-state index in [4.69, 9.17) is 0 Å². The highest BCUT2D eigenvalue weighted by atomic mass is 27.1. The highest BCUT2D eigenvalue weighted by Gasteiger charge is 2.00. The van der Waals surface area contributed by atoms with Crippen molar-refractivity contribution in [3.8, 4) is 0 Å². The maximum absolute atomic E-state index is 3.02. The summed E-state index contributed by atoms with van der Waals surface area (Å²) in [5, 5.41) is 0. The Morgan fingerprint density at radius 1 is 1.33 bits per heavy atom. The lowest BCUT2D eigenvalue weighted by Gasteiger charge is -2.17. The Bertz CT molecular complexity index is 37.3. The molecule has 6 heavy (non-hydrogen) atoms. The number of hydrogen-bond acceptors (Lipinski definition) is 1. The van der Waals surface area contributed by atoms with Crippen molar-refractivity contribution in [2.45, 2.75) is 26.3 Å². The average Bonchev–Trinajstić information content (AvgIpc) is 1.35. The first kappa shape index (κ1) is 6.49. The van der Waals surface area contributed by atoms with Gasteiger partial charge in [-0.05, 0) is 26.3 Å². The highest BCUT2D eigenvalue weighted by molar-refractivity contribution is 6.04. The standard InChI is InChI=1S/C4H10N.Al/c1-4(2,3)5;/h5H,1-3H3;/q-1;+1. The molecular formula is C4H10AlN. The fraction of sp³-hybridized carbons (Fsp3) is 1.00. The maximum atomic E-state index is 3.02. The van der Waals surface area contributed by atoms with Crippen molar-refractivity contribution < 1.29 is 0 Å². The van der Waals surface area contributed by atoms with Gasteiger partial charge in [-0.2, -0.15) is 0 Å². The molecule has 1 nitrogen and oxygen atoms in total. The van der Waals surface area contributed by atoms with E-state index >= 15 is 0 Å². The summed E-state index contributed by atoms with van der Waals surface area (Å²) >= 11 is 2.47. The van der Waals surface area contributed by atoms with E-state index in [1.165, 1.54) is 0 Å². The SMILES string of the molecule is CC(C)(C)[NH][Al]. The van der Waals surface area contributed by atoms with Crippen LogP contribution in [-0.2, 0) is 0 Å². The van der Waals surface area contributed by atoms with Gasteiger partial charge in [0.2, 0.25) is 0 Å². The minimum absolute atomic E-state index is 0.255. The summed E-state index contributed by atoms with van der Waals surface area (Å²) in [4.78, 5) is 0. The second-order valence-electron chi connectivity index (χ2n) is 2.39. The van der Waals surface area contributed by atoms with Crippen molar-refractivity contribution in [2.24, 2.45) is 0 Å². The van der Waals surface area contributed by atoms with Crippen LogP contribution in [0.4, 0.5) is 0 Å². The highest BCUT2D eigenvalue weighted by Crippen LogP contribution is 1.93. The molecule has 0 aliphatic heterocycles. The first-order valence-electron chi connectivity index (χ1n) is 2.04. The van der Waals surface area contributed by atoms with Crippen LogP contribution in [0.5, 0.6) is 0 Å². The minimum atomic E-state index is 0.255. The molecule has 0 unspecified atom stereocenters. The van der Waals surface area contributed by atoms with E-state index in [0.717, 1.165) is 0 Å². The van der Waals surface area contributed by atoms with Crippen LogP contribution >= 0.6 is 0 Å². The predicted molar refractivity (Wildman–Crippen MR) is 28.6 cm³/mol. The largest absolute Gasteiger partial charge is 0.411 e. The van der Waals surface area contributed by atoms with Crippen LogP contribution in [-0.4, -0.2) is 22.0 Å². The lowest BCUT2D eigenvalue weighted by molar-refractivity contribution is 0.528. The molecular weight excluding hydrogens is 89.0 g/mol. The molecule has 2 radical (unpaired) electrons. The molecule has 1 N–H and O–H groups in total. The summed E-state index contributed by atoms with van der Waals surface area (Å²) < 4.78 is 3.02. The first-order chi connectivity index (χ1) is 2.56. The first-order valence-corrected chi connectivity index (χ1v) is 2.62. The average molecular weight is 99.1 g/mol. The molecule has 0 amide bonds. The monoisotopic (exact) mass is 99.1 g/mol. The molecule has 0 saturated heterocycles. The van der Waals surface area contributed by atoms with Gasteiger partial charge in [0.05, 0.1) is 0 Å². The molecule has 0 heterocycles. The molecule has 0 aromatic rings. The Kier molecular flexibility index (Phi) is 2.14. The zero-order chi connectivity index (χ0) is 5.21. The lowest BCUT2D eigenvalue weighted by Crippen LogP contribution is -2.33. The van der Waals surface area contributed by atoms with Crippen molar-refractivity contribution in [1.82, 2.24) is 4.30 Å². The van der Waals surface area contributed by atoms with E-state index in [2.05, 4.69) is 41.6 Å². The Morgan fingerprint density at radius 2 is 1.50 bits per heavy atom. The Balaban J connectivity index is 3.17. The molecule has 0 aromatic heterocycles. The van der Waals surface area contributed by atoms with Crippen LogP contribution in [0.1, 0.15) is 20.8 Å². The third kappa shape index (κ3) is 4.49. The molecule has 0 aromatic carbocycles. The zero-order valence-corrected chi connectivity index (χ0v) is 5.73. The fourth-order valence-corrected chi connectivity index (χ4v) is 0. The minimum Gasteiger partial charge on any atom is -0.411 e. The van der Waals surface area contributed by atoms with Gasteiger partial charge in [0, 0.05) is 0 Å². The lowest BCUT2D eigenvalue weighted by atomic mass is 10.1. The Hall–Kier alpha value is 0.492. The Labute approximate surface area is 47.8 Å². The van der Waals surface area contributed by atoms with Gasteiger partial charge in [0.1, 0.15) is 0 Å². The van der Waals surface area contributed by atoms with Crippen molar-refractivity contribution >= 4 is 16.5 Å². The summed E-state index contributed by atoms with van der Waals surface area (Å²) in [6.07, 6.45) is 0. The third-order valence-corrected chi connectivity index (χ3v) is 1.30. The number of rotatable bonds is 0. The number of hydrogen-bond donors (Lipinski definition) is 1. The second-order valence-corrected chi connectivity index (χ2v) is 2.68. The van der Waals surface area contributed by atoms with Crippen LogP contribution < -0.4 is 4.30 Å². The summed E-state index contributed by atoms with van der Waals surface area (Å²) in [7, 11) is 0. The predicted octanol–water partition coefficient (Wildman–Crippen LogP) is 0.458. The maximum Gasteiger partial charge on any atom is 0.252 e. The van der Waals surface area contributed by atoms with Crippen LogP contribution in [0.2, 0.25) is 0 Å². The smallest absolute Gasteiger partial charge is 0.252 e. The molecule has 0 rings (SSSR count). The fourth-order valence-electron chi connectivity index (χ4n) is 0. The van der Waals surface area contributed by atoms with Crippen molar-refractivity contribution in [1.29, 1.82) is 0 Å². The topological polar surface area (TPSA) is 12.0 Å². The normalized spacial score (nSPS) is 11.8. The van der Waals surface area contributed by atoms with Gasteiger partial charge in [-0.25, -0.2) is 0 Å². The van der Waals surface area contributed by atoms with Gasteiger partial charge in [0.15, 0.2) is 0 Å². The Morgan fingerprint density at radius 3 is 1.50 bits per heavy atom. The molecule has 0 fully saturated rings. The molecule has 0 aliphatic carbocycles. The molecule has 0 atom stereocenters. The van der Waals surface area contributed by atoms with Crippen molar-refractivity contribution in [3.05, 3.63) is 0 Å². The van der Waals surface area contributed by atoms with Gasteiger partial charge in [-0.3, -0.25) is 0 Å². The van der Waals surface area contributed by atoms with E-state index in [1.54, 1.807) is 0 Å². The van der Waals surface area contributed by atoms with Crippen LogP contribution in [0.3, 0.4) is 0 Å². The van der Waals surface area contributed by atoms with Gasteiger partial charge < -0.3 is 4.30 Å². The van der Waals surface area contributed by atoms with E-state index in [0.29, 0.717) is 0 Å². The van der Waals surface area contributed by atoms with Gasteiger partial charge in [-0.15, -0.1) is 0 Å². The van der Waals surface area contributed by atoms with E-state index in [9.17, 15) is 0 Å².